The molecule has 0 aromatic heterocycles. The predicted molar refractivity (Wildman–Crippen MR) is 143 cm³/mol. The largest absolute Gasteiger partial charge is 0.390 e. The van der Waals surface area contributed by atoms with E-state index in [0.29, 0.717) is 50.7 Å². The van der Waals surface area contributed by atoms with Crippen molar-refractivity contribution in [3.8, 4) is 0 Å². The van der Waals surface area contributed by atoms with Crippen LogP contribution in [-0.4, -0.2) is 65.7 Å². The molecule has 0 amide bonds. The van der Waals surface area contributed by atoms with Crippen LogP contribution in [0.15, 0.2) is 35.4 Å². The summed E-state index contributed by atoms with van der Waals surface area (Å²) >= 11 is 0. The lowest BCUT2D eigenvalue weighted by Gasteiger charge is -2.58. The molecule has 6 heteroatoms. The lowest BCUT2D eigenvalue weighted by atomic mass is 9.49. The Hall–Kier alpha value is -1.44. The molecule has 7 atom stereocenters. The number of benzene rings is 1. The number of aliphatic hydroxyl groups excluding tert-OH is 1. The van der Waals surface area contributed by atoms with Crippen LogP contribution in [0.4, 0.5) is 5.69 Å². The van der Waals surface area contributed by atoms with Crippen LogP contribution in [0.3, 0.4) is 0 Å². The Morgan fingerprint density at radius 3 is 2.38 bits per heavy atom. The quantitative estimate of drug-likeness (QED) is 0.516. The first-order valence-corrected chi connectivity index (χ1v) is 14.5. The number of hydrogen-bond donors (Lipinski definition) is 3. The van der Waals surface area contributed by atoms with Crippen LogP contribution in [0.5, 0.6) is 0 Å². The molecule has 204 valence electrons. The molecule has 0 radical (unpaired) electrons. The fourth-order valence-electron chi connectivity index (χ4n) is 9.24. The van der Waals surface area contributed by atoms with Gasteiger partial charge in [0.05, 0.1) is 30.5 Å². The molecule has 3 unspecified atom stereocenters. The molecular formula is C31H45NO5. The lowest BCUT2D eigenvalue weighted by molar-refractivity contribution is -0.209. The first-order chi connectivity index (χ1) is 17.6. The van der Waals surface area contributed by atoms with Gasteiger partial charge in [-0.25, -0.2) is 0 Å². The van der Waals surface area contributed by atoms with Crippen molar-refractivity contribution in [3.05, 3.63) is 41.0 Å². The third kappa shape index (κ3) is 3.70. The van der Waals surface area contributed by atoms with E-state index in [1.54, 1.807) is 0 Å². The lowest BCUT2D eigenvalue weighted by Crippen LogP contribution is -2.58. The Kier molecular flexibility index (Phi) is 6.13. The summed E-state index contributed by atoms with van der Waals surface area (Å²) in [5, 5.41) is 35.3. The highest BCUT2D eigenvalue weighted by Crippen LogP contribution is 2.68. The van der Waals surface area contributed by atoms with Crippen LogP contribution in [0.25, 0.3) is 0 Å². The molecule has 1 aliphatic heterocycles. The molecule has 4 fully saturated rings. The Balaban J connectivity index is 1.47. The molecule has 3 saturated carbocycles. The van der Waals surface area contributed by atoms with Gasteiger partial charge in [-0.05, 0) is 80.1 Å². The monoisotopic (exact) mass is 511 g/mol. The number of nitrogens with zero attached hydrogens (tertiary/aromatic N) is 1. The average Bonchev–Trinajstić information content (AvgIpc) is 3.44. The Bertz CT molecular complexity index is 1060. The van der Waals surface area contributed by atoms with E-state index >= 15 is 0 Å². The van der Waals surface area contributed by atoms with Crippen LogP contribution in [0, 0.1) is 17.3 Å². The summed E-state index contributed by atoms with van der Waals surface area (Å²) in [6.45, 7) is 5.41. The van der Waals surface area contributed by atoms with Gasteiger partial charge in [0.15, 0.2) is 5.79 Å². The summed E-state index contributed by atoms with van der Waals surface area (Å²) in [7, 11) is 4.11. The van der Waals surface area contributed by atoms with Crippen molar-refractivity contribution < 1.29 is 24.8 Å². The van der Waals surface area contributed by atoms with Gasteiger partial charge in [-0.3, -0.25) is 0 Å². The zero-order valence-corrected chi connectivity index (χ0v) is 23.0. The molecule has 3 N–H and O–H groups in total. The zero-order valence-electron chi connectivity index (χ0n) is 23.0. The van der Waals surface area contributed by atoms with E-state index in [0.717, 1.165) is 37.8 Å². The third-order valence-electron chi connectivity index (χ3n) is 11.2. The van der Waals surface area contributed by atoms with Crippen LogP contribution in [0.1, 0.15) is 83.1 Å². The summed E-state index contributed by atoms with van der Waals surface area (Å²) in [5.74, 6) is 0.0803. The standard InChI is InChI=1S/C31H45NO5/c1-5-26(33)31(35)15-12-24-22-10-13-29(34)19-30(36-16-17-37-30)14-11-25(29)27(22)23(18-28(24,31)2)20-6-8-21(9-7-20)32(3)4/h6-9,22-24,26,33-35H,5,10-19H2,1-4H3/t22?,23-,24?,26?,28+,29-,31+/m1/s1. The number of rotatable bonds is 4. The summed E-state index contributed by atoms with van der Waals surface area (Å²) < 4.78 is 12.1. The third-order valence-corrected chi connectivity index (χ3v) is 11.2. The molecule has 5 aliphatic rings. The minimum Gasteiger partial charge on any atom is -0.390 e. The highest BCUT2D eigenvalue weighted by atomic mass is 16.7. The molecule has 1 aromatic rings. The maximum atomic E-state index is 12.2. The smallest absolute Gasteiger partial charge is 0.171 e. The normalized spacial score (nSPS) is 41.3. The Morgan fingerprint density at radius 1 is 1.03 bits per heavy atom. The van der Waals surface area contributed by atoms with Gasteiger partial charge in [0.2, 0.25) is 0 Å². The highest BCUT2D eigenvalue weighted by Gasteiger charge is 2.66. The van der Waals surface area contributed by atoms with E-state index in [4.69, 9.17) is 9.47 Å². The van der Waals surface area contributed by atoms with Crippen LogP contribution >= 0.6 is 0 Å². The number of aliphatic hydroxyl groups is 3. The second kappa shape index (κ2) is 8.79. The van der Waals surface area contributed by atoms with Crippen LogP contribution in [0.2, 0.25) is 0 Å². The van der Waals surface area contributed by atoms with Crippen molar-refractivity contribution in [1.29, 1.82) is 0 Å². The molecule has 1 aromatic carbocycles. The fourth-order valence-corrected chi connectivity index (χ4v) is 9.24. The van der Waals surface area contributed by atoms with E-state index in [9.17, 15) is 15.3 Å². The van der Waals surface area contributed by atoms with Crippen LogP contribution < -0.4 is 4.90 Å². The Labute approximate surface area is 221 Å². The van der Waals surface area contributed by atoms with Crippen molar-refractivity contribution in [2.24, 2.45) is 17.3 Å². The van der Waals surface area contributed by atoms with E-state index < -0.39 is 23.1 Å². The maximum Gasteiger partial charge on any atom is 0.171 e. The van der Waals surface area contributed by atoms with Crippen molar-refractivity contribution in [3.63, 3.8) is 0 Å². The summed E-state index contributed by atoms with van der Waals surface area (Å²) in [5.41, 5.74) is 2.66. The molecule has 1 heterocycles. The molecule has 6 rings (SSSR count). The van der Waals surface area contributed by atoms with Gasteiger partial charge in [0, 0.05) is 44.0 Å². The van der Waals surface area contributed by atoms with Crippen molar-refractivity contribution in [2.75, 3.05) is 32.2 Å². The van der Waals surface area contributed by atoms with E-state index in [1.807, 2.05) is 6.92 Å². The molecule has 1 saturated heterocycles. The highest BCUT2D eigenvalue weighted by molar-refractivity contribution is 5.50. The second-order valence-corrected chi connectivity index (χ2v) is 13.0. The molecule has 4 aliphatic carbocycles. The topological polar surface area (TPSA) is 82.4 Å². The first-order valence-electron chi connectivity index (χ1n) is 14.5. The number of allylic oxidation sites excluding steroid dienone is 1. The second-order valence-electron chi connectivity index (χ2n) is 13.0. The van der Waals surface area contributed by atoms with Gasteiger partial charge in [0.25, 0.3) is 0 Å². The molecule has 0 bridgehead atoms. The van der Waals surface area contributed by atoms with Gasteiger partial charge >= 0.3 is 0 Å². The minimum absolute atomic E-state index is 0.109. The van der Waals surface area contributed by atoms with Gasteiger partial charge < -0.3 is 29.7 Å². The number of hydrogen-bond acceptors (Lipinski definition) is 6. The predicted octanol–water partition coefficient (Wildman–Crippen LogP) is 4.52. The van der Waals surface area contributed by atoms with Gasteiger partial charge in [-0.1, -0.05) is 31.6 Å². The minimum atomic E-state index is -1.08. The average molecular weight is 512 g/mol. The van der Waals surface area contributed by atoms with Gasteiger partial charge in [-0.15, -0.1) is 0 Å². The zero-order chi connectivity index (χ0) is 26.2. The SMILES string of the molecule is CCC(O)[C@@]1(O)CCC2C3CC[C@@]4(O)CC5(CCC4=C3[C@@H](c3ccc(N(C)C)cc3)C[C@@]21C)OCCO5. The first kappa shape index (κ1) is 25.8. The fraction of sp³-hybridized carbons (Fsp3) is 0.742. The summed E-state index contributed by atoms with van der Waals surface area (Å²) in [4.78, 5) is 2.11. The molecular weight excluding hydrogens is 466 g/mol. The number of ether oxygens (including phenoxy) is 2. The summed E-state index contributed by atoms with van der Waals surface area (Å²) in [6.07, 6.45) is 5.88. The number of anilines is 1. The van der Waals surface area contributed by atoms with Gasteiger partial charge in [0.1, 0.15) is 0 Å². The summed E-state index contributed by atoms with van der Waals surface area (Å²) in [6, 6.07) is 8.83. The molecule has 37 heavy (non-hydrogen) atoms. The maximum absolute atomic E-state index is 12.2. The van der Waals surface area contributed by atoms with Crippen molar-refractivity contribution in [2.45, 2.75) is 101 Å². The number of fused-ring (bicyclic) bond motifs is 4. The van der Waals surface area contributed by atoms with Crippen LogP contribution in [-0.2, 0) is 9.47 Å². The van der Waals surface area contributed by atoms with E-state index in [1.165, 1.54) is 16.7 Å². The van der Waals surface area contributed by atoms with Crippen molar-refractivity contribution >= 4 is 5.69 Å². The van der Waals surface area contributed by atoms with Gasteiger partial charge in [-0.2, -0.15) is 0 Å². The Morgan fingerprint density at radius 2 is 1.73 bits per heavy atom. The van der Waals surface area contributed by atoms with Crippen molar-refractivity contribution in [1.82, 2.24) is 0 Å². The van der Waals surface area contributed by atoms with E-state index in [-0.39, 0.29) is 11.3 Å². The molecule has 1 spiro atoms. The van der Waals surface area contributed by atoms with E-state index in [2.05, 4.69) is 50.2 Å². The molecule has 6 nitrogen and oxygen atoms in total.